The van der Waals surface area contributed by atoms with Gasteiger partial charge in [0.1, 0.15) is 17.9 Å². The van der Waals surface area contributed by atoms with Gasteiger partial charge in [0.25, 0.3) is 0 Å². The topological polar surface area (TPSA) is 71.3 Å². The molecule has 0 bridgehead atoms. The van der Waals surface area contributed by atoms with Crippen LogP contribution in [0.15, 0.2) is 5.16 Å². The molecule has 4 atom stereocenters. The van der Waals surface area contributed by atoms with Crippen LogP contribution in [0.1, 0.15) is 27.2 Å². The van der Waals surface area contributed by atoms with Crippen molar-refractivity contribution in [2.75, 3.05) is 13.7 Å². The van der Waals surface area contributed by atoms with Crippen molar-refractivity contribution in [3.63, 3.8) is 0 Å². The molecular formula is C13H23NO4. The van der Waals surface area contributed by atoms with Crippen LogP contribution in [0.3, 0.4) is 0 Å². The van der Waals surface area contributed by atoms with Gasteiger partial charge in [-0.1, -0.05) is 31.3 Å². The molecule has 5 heteroatoms. The lowest BCUT2D eigenvalue weighted by Crippen LogP contribution is -2.43. The van der Waals surface area contributed by atoms with Crippen LogP contribution < -0.4 is 0 Å². The molecule has 0 aromatic carbocycles. The van der Waals surface area contributed by atoms with Gasteiger partial charge < -0.3 is 19.8 Å². The molecule has 5 nitrogen and oxygen atoms in total. The minimum absolute atomic E-state index is 0.00691. The molecule has 0 heterocycles. The summed E-state index contributed by atoms with van der Waals surface area (Å²) in [6.07, 6.45) is 3.39. The van der Waals surface area contributed by atoms with Crippen LogP contribution in [0.25, 0.3) is 0 Å². The highest BCUT2D eigenvalue weighted by Crippen LogP contribution is 2.16. The molecule has 0 saturated carbocycles. The minimum Gasteiger partial charge on any atom is -0.390 e. The van der Waals surface area contributed by atoms with Gasteiger partial charge in [-0.3, -0.25) is 0 Å². The summed E-state index contributed by atoms with van der Waals surface area (Å²) in [5, 5.41) is 23.2. The zero-order valence-corrected chi connectivity index (χ0v) is 11.5. The van der Waals surface area contributed by atoms with Crippen LogP contribution >= 0.6 is 0 Å². The number of nitrogens with zero attached hydrogens (tertiary/aromatic N) is 1. The van der Waals surface area contributed by atoms with Gasteiger partial charge in [-0.05, 0) is 12.8 Å². The fraction of sp³-hybridized carbons (Fsp3) is 0.769. The number of rotatable bonds is 8. The van der Waals surface area contributed by atoms with Gasteiger partial charge in [-0.2, -0.15) is 0 Å². The van der Waals surface area contributed by atoms with E-state index in [4.69, 9.17) is 16.0 Å². The molecule has 1 unspecified atom stereocenters. The average molecular weight is 257 g/mol. The van der Waals surface area contributed by atoms with Gasteiger partial charge in [-0.25, -0.2) is 0 Å². The number of methoxy groups -OCH3 is 1. The van der Waals surface area contributed by atoms with E-state index < -0.39 is 18.3 Å². The number of ether oxygens (including phenoxy) is 1. The van der Waals surface area contributed by atoms with Gasteiger partial charge in [0.2, 0.25) is 0 Å². The van der Waals surface area contributed by atoms with E-state index in [0.717, 1.165) is 6.42 Å². The monoisotopic (exact) mass is 257 g/mol. The molecule has 0 spiro atoms. The Kier molecular flexibility index (Phi) is 8.38. The van der Waals surface area contributed by atoms with Crippen molar-refractivity contribution in [2.24, 2.45) is 11.1 Å². The second kappa shape index (κ2) is 8.92. The summed E-state index contributed by atoms with van der Waals surface area (Å²) in [5.41, 5.74) is 0.261. The first-order valence-corrected chi connectivity index (χ1v) is 6.01. The molecule has 0 aliphatic carbocycles. The lowest BCUT2D eigenvalue weighted by molar-refractivity contribution is 0.0440. The van der Waals surface area contributed by atoms with Crippen molar-refractivity contribution in [3.8, 4) is 12.3 Å². The van der Waals surface area contributed by atoms with E-state index in [0.29, 0.717) is 0 Å². The molecule has 104 valence electrons. The van der Waals surface area contributed by atoms with Gasteiger partial charge in [0.15, 0.2) is 6.61 Å². The van der Waals surface area contributed by atoms with Gasteiger partial charge >= 0.3 is 0 Å². The van der Waals surface area contributed by atoms with Crippen LogP contribution in [0.5, 0.6) is 0 Å². The van der Waals surface area contributed by atoms with E-state index in [1.807, 2.05) is 13.8 Å². The van der Waals surface area contributed by atoms with Crippen LogP contribution in [0, 0.1) is 18.3 Å². The number of aliphatic hydroxyl groups is 2. The van der Waals surface area contributed by atoms with E-state index in [9.17, 15) is 10.2 Å². The Labute approximate surface area is 109 Å². The van der Waals surface area contributed by atoms with Crippen LogP contribution in [-0.4, -0.2) is 48.0 Å². The molecule has 0 amide bonds. The molecule has 0 rings (SSSR count). The highest BCUT2D eigenvalue weighted by Gasteiger charge is 2.30. The second-order valence-corrected chi connectivity index (χ2v) is 4.22. The van der Waals surface area contributed by atoms with Crippen LogP contribution in [0.2, 0.25) is 0 Å². The van der Waals surface area contributed by atoms with Gasteiger partial charge in [-0.15, -0.1) is 6.42 Å². The Morgan fingerprint density at radius 1 is 1.39 bits per heavy atom. The number of oxime groups is 1. The summed E-state index contributed by atoms with van der Waals surface area (Å²) < 4.78 is 5.33. The first-order valence-electron chi connectivity index (χ1n) is 6.01. The third-order valence-electron chi connectivity index (χ3n) is 2.78. The number of hydrogen-bond donors (Lipinski definition) is 2. The molecule has 0 aromatic rings. The number of hydrogen-bond acceptors (Lipinski definition) is 5. The average Bonchev–Trinajstić information content (AvgIpc) is 2.36. The highest BCUT2D eigenvalue weighted by molar-refractivity contribution is 5.92. The summed E-state index contributed by atoms with van der Waals surface area (Å²) in [6.45, 7) is 5.46. The lowest BCUT2D eigenvalue weighted by atomic mass is 9.93. The summed E-state index contributed by atoms with van der Waals surface area (Å²) in [7, 11) is 1.53. The predicted molar refractivity (Wildman–Crippen MR) is 70.2 cm³/mol. The molecule has 0 fully saturated rings. The first kappa shape index (κ1) is 16.9. The third-order valence-corrected chi connectivity index (χ3v) is 2.78. The van der Waals surface area contributed by atoms with Crippen molar-refractivity contribution in [1.82, 2.24) is 0 Å². The summed E-state index contributed by atoms with van der Waals surface area (Å²) in [5.74, 6) is 2.41. The van der Waals surface area contributed by atoms with Crippen LogP contribution in [-0.2, 0) is 9.57 Å². The van der Waals surface area contributed by atoms with E-state index >= 15 is 0 Å². The van der Waals surface area contributed by atoms with E-state index in [-0.39, 0.29) is 18.2 Å². The Hall–Kier alpha value is -1.09. The van der Waals surface area contributed by atoms with Gasteiger partial charge in [0, 0.05) is 7.11 Å². The SMILES string of the molecule is C#CCO/N=C(/[C@@H](OC)C(C)CC)[C@@H](O)[C@@H](C)O. The van der Waals surface area contributed by atoms with Crippen molar-refractivity contribution >= 4 is 5.71 Å². The smallest absolute Gasteiger partial charge is 0.177 e. The van der Waals surface area contributed by atoms with E-state index in [1.165, 1.54) is 14.0 Å². The molecule has 18 heavy (non-hydrogen) atoms. The Morgan fingerprint density at radius 3 is 2.39 bits per heavy atom. The van der Waals surface area contributed by atoms with Crippen LogP contribution in [0.4, 0.5) is 0 Å². The molecule has 0 saturated heterocycles. The molecular weight excluding hydrogens is 234 g/mol. The largest absolute Gasteiger partial charge is 0.390 e. The summed E-state index contributed by atoms with van der Waals surface area (Å²) in [6, 6.07) is 0. The van der Waals surface area contributed by atoms with Crippen molar-refractivity contribution in [3.05, 3.63) is 0 Å². The maximum absolute atomic E-state index is 9.94. The fourth-order valence-corrected chi connectivity index (χ4v) is 1.52. The molecule has 0 radical (unpaired) electrons. The number of terminal acetylenes is 1. The Bertz CT molecular complexity index is 296. The molecule has 0 aliphatic heterocycles. The third kappa shape index (κ3) is 5.05. The quantitative estimate of drug-likeness (QED) is 0.292. The minimum atomic E-state index is -1.14. The highest BCUT2D eigenvalue weighted by atomic mass is 16.6. The number of aliphatic hydroxyl groups excluding tert-OH is 2. The standard InChI is InChI=1S/C13H23NO4/c1-6-8-18-14-11(12(16)10(4)15)13(17-5)9(3)7-2/h1,9-10,12-13,15-16H,7-8H2,2-5H3/b14-11+/t9?,10-,12+,13+/m1/s1. The Balaban J connectivity index is 5.05. The molecule has 0 aliphatic rings. The molecule has 0 aromatic heterocycles. The van der Waals surface area contributed by atoms with Crippen molar-refractivity contribution in [2.45, 2.75) is 45.5 Å². The summed E-state index contributed by atoms with van der Waals surface area (Å²) in [4.78, 5) is 4.89. The Morgan fingerprint density at radius 2 is 2.00 bits per heavy atom. The predicted octanol–water partition coefficient (Wildman–Crippen LogP) is 0.795. The fourth-order valence-electron chi connectivity index (χ4n) is 1.52. The normalized spacial score (nSPS) is 18.6. The van der Waals surface area contributed by atoms with E-state index in [1.54, 1.807) is 0 Å². The van der Waals surface area contributed by atoms with E-state index in [2.05, 4.69) is 11.1 Å². The zero-order chi connectivity index (χ0) is 14.1. The van der Waals surface area contributed by atoms with Gasteiger partial charge in [0.05, 0.1) is 6.10 Å². The maximum Gasteiger partial charge on any atom is 0.177 e. The van der Waals surface area contributed by atoms with Crippen molar-refractivity contribution < 1.29 is 19.8 Å². The maximum atomic E-state index is 9.94. The second-order valence-electron chi connectivity index (χ2n) is 4.22. The molecule has 2 N–H and O–H groups in total. The first-order chi connectivity index (χ1) is 8.49. The lowest BCUT2D eigenvalue weighted by Gasteiger charge is -2.26. The summed E-state index contributed by atoms with van der Waals surface area (Å²) >= 11 is 0. The zero-order valence-electron chi connectivity index (χ0n) is 11.5. The van der Waals surface area contributed by atoms with Crippen molar-refractivity contribution in [1.29, 1.82) is 0 Å².